The molecule has 0 aromatic carbocycles. The van der Waals surface area contributed by atoms with Crippen LogP contribution in [0.5, 0.6) is 0 Å². The van der Waals surface area contributed by atoms with E-state index in [0.29, 0.717) is 12.5 Å². The molecule has 0 radical (unpaired) electrons. The minimum Gasteiger partial charge on any atom is -0.375 e. The third-order valence-electron chi connectivity index (χ3n) is 4.22. The van der Waals surface area contributed by atoms with E-state index in [9.17, 15) is 4.79 Å². The van der Waals surface area contributed by atoms with Crippen molar-refractivity contribution in [2.45, 2.75) is 37.8 Å². The molecule has 6 heteroatoms. The van der Waals surface area contributed by atoms with Gasteiger partial charge in [0.1, 0.15) is 11.9 Å². The summed E-state index contributed by atoms with van der Waals surface area (Å²) in [7, 11) is 0. The van der Waals surface area contributed by atoms with Crippen LogP contribution in [0.25, 0.3) is 0 Å². The standard InChI is InChI=1S/C14H22N4O2/c1-10-12(15-6-8-20-10)14(19)18-7-2-3-11(9-18)13-16-4-5-17-13/h4-5,10-12,15H,2-3,6-9H2,1H3,(H,16,17)/t10-,11?,12+/m1/s1. The van der Waals surface area contributed by atoms with Gasteiger partial charge >= 0.3 is 0 Å². The number of ether oxygens (including phenoxy) is 1. The third-order valence-corrected chi connectivity index (χ3v) is 4.22. The van der Waals surface area contributed by atoms with E-state index in [1.54, 1.807) is 6.20 Å². The van der Waals surface area contributed by atoms with Crippen LogP contribution in [0, 0.1) is 0 Å². The lowest BCUT2D eigenvalue weighted by Gasteiger charge is -2.37. The van der Waals surface area contributed by atoms with E-state index in [4.69, 9.17) is 4.74 Å². The first-order valence-corrected chi connectivity index (χ1v) is 7.39. The van der Waals surface area contributed by atoms with Crippen molar-refractivity contribution in [2.24, 2.45) is 0 Å². The van der Waals surface area contributed by atoms with Gasteiger partial charge in [0.05, 0.1) is 12.7 Å². The summed E-state index contributed by atoms with van der Waals surface area (Å²) < 4.78 is 5.57. The summed E-state index contributed by atoms with van der Waals surface area (Å²) in [6, 6.07) is -0.209. The molecule has 3 rings (SSSR count). The van der Waals surface area contributed by atoms with E-state index in [1.807, 2.05) is 18.0 Å². The average molecular weight is 278 g/mol. The molecule has 1 amide bonds. The molecule has 0 saturated carbocycles. The van der Waals surface area contributed by atoms with Crippen LogP contribution in [0.4, 0.5) is 0 Å². The van der Waals surface area contributed by atoms with Crippen LogP contribution in [-0.4, -0.2) is 59.2 Å². The first-order chi connectivity index (χ1) is 9.75. The number of imidazole rings is 1. The Morgan fingerprint density at radius 2 is 2.45 bits per heavy atom. The largest absolute Gasteiger partial charge is 0.375 e. The maximum atomic E-state index is 12.6. The lowest BCUT2D eigenvalue weighted by atomic mass is 9.96. The van der Waals surface area contributed by atoms with E-state index in [2.05, 4.69) is 15.3 Å². The molecular formula is C14H22N4O2. The molecule has 2 fully saturated rings. The summed E-state index contributed by atoms with van der Waals surface area (Å²) in [6.45, 7) is 4.97. The third kappa shape index (κ3) is 2.71. The number of hydrogen-bond acceptors (Lipinski definition) is 4. The van der Waals surface area contributed by atoms with Gasteiger partial charge in [-0.25, -0.2) is 4.98 Å². The Labute approximate surface area is 118 Å². The van der Waals surface area contributed by atoms with Gasteiger partial charge in [0.2, 0.25) is 5.91 Å². The maximum Gasteiger partial charge on any atom is 0.242 e. The van der Waals surface area contributed by atoms with Crippen molar-refractivity contribution in [1.29, 1.82) is 0 Å². The van der Waals surface area contributed by atoms with Crippen LogP contribution in [0.2, 0.25) is 0 Å². The molecule has 2 aliphatic rings. The zero-order valence-electron chi connectivity index (χ0n) is 11.8. The van der Waals surface area contributed by atoms with Crippen molar-refractivity contribution in [3.8, 4) is 0 Å². The fourth-order valence-electron chi connectivity index (χ4n) is 3.11. The maximum absolute atomic E-state index is 12.6. The van der Waals surface area contributed by atoms with Gasteiger partial charge in [-0.3, -0.25) is 4.79 Å². The van der Waals surface area contributed by atoms with E-state index >= 15 is 0 Å². The Morgan fingerprint density at radius 1 is 1.55 bits per heavy atom. The monoisotopic (exact) mass is 278 g/mol. The molecule has 1 aromatic rings. The molecule has 2 N–H and O–H groups in total. The smallest absolute Gasteiger partial charge is 0.242 e. The highest BCUT2D eigenvalue weighted by atomic mass is 16.5. The van der Waals surface area contributed by atoms with Gasteiger partial charge in [-0.2, -0.15) is 0 Å². The molecule has 6 nitrogen and oxygen atoms in total. The normalized spacial score (nSPS) is 31.2. The predicted molar refractivity (Wildman–Crippen MR) is 74.3 cm³/mol. The molecule has 3 atom stereocenters. The molecular weight excluding hydrogens is 256 g/mol. The van der Waals surface area contributed by atoms with Gasteiger partial charge in [0.15, 0.2) is 0 Å². The number of carbonyl (C=O) groups excluding carboxylic acids is 1. The lowest BCUT2D eigenvalue weighted by Crippen LogP contribution is -2.57. The van der Waals surface area contributed by atoms with Crippen molar-refractivity contribution in [3.05, 3.63) is 18.2 Å². The van der Waals surface area contributed by atoms with Crippen LogP contribution >= 0.6 is 0 Å². The van der Waals surface area contributed by atoms with E-state index < -0.39 is 0 Å². The molecule has 0 bridgehead atoms. The highest BCUT2D eigenvalue weighted by Gasteiger charge is 2.34. The lowest BCUT2D eigenvalue weighted by molar-refractivity contribution is -0.140. The Kier molecular flexibility index (Phi) is 4.03. The molecule has 110 valence electrons. The number of likely N-dealkylation sites (tertiary alicyclic amines) is 1. The number of rotatable bonds is 2. The summed E-state index contributed by atoms with van der Waals surface area (Å²) in [6.07, 6.45) is 5.67. The van der Waals surface area contributed by atoms with Crippen LogP contribution < -0.4 is 5.32 Å². The van der Waals surface area contributed by atoms with Gasteiger partial charge in [0, 0.05) is 37.9 Å². The fraction of sp³-hybridized carbons (Fsp3) is 0.714. The number of H-pyrrole nitrogens is 1. The predicted octanol–water partition coefficient (Wildman–Crippen LogP) is 0.493. The van der Waals surface area contributed by atoms with Gasteiger partial charge in [-0.1, -0.05) is 0 Å². The van der Waals surface area contributed by atoms with Gasteiger partial charge < -0.3 is 19.9 Å². The number of hydrogen-bond donors (Lipinski definition) is 2. The topological polar surface area (TPSA) is 70.2 Å². The second kappa shape index (κ2) is 5.93. The van der Waals surface area contributed by atoms with Crippen molar-refractivity contribution in [1.82, 2.24) is 20.2 Å². The van der Waals surface area contributed by atoms with Crippen LogP contribution in [0.1, 0.15) is 31.5 Å². The molecule has 1 unspecified atom stereocenters. The minimum absolute atomic E-state index is 0.0553. The number of nitrogens with zero attached hydrogens (tertiary/aromatic N) is 2. The Balaban J connectivity index is 1.65. The average Bonchev–Trinajstić information content (AvgIpc) is 3.01. The highest BCUT2D eigenvalue weighted by Crippen LogP contribution is 2.25. The number of aromatic nitrogens is 2. The van der Waals surface area contributed by atoms with Crippen LogP contribution in [-0.2, 0) is 9.53 Å². The van der Waals surface area contributed by atoms with Crippen molar-refractivity contribution < 1.29 is 9.53 Å². The van der Waals surface area contributed by atoms with Gasteiger partial charge in [-0.05, 0) is 19.8 Å². The SMILES string of the molecule is C[C@H]1OCCN[C@@H]1C(=O)N1CCCC(c2ncc[nH]2)C1. The number of aromatic amines is 1. The minimum atomic E-state index is -0.209. The summed E-state index contributed by atoms with van der Waals surface area (Å²) in [5, 5.41) is 3.28. The molecule has 0 spiro atoms. The number of piperidine rings is 1. The summed E-state index contributed by atoms with van der Waals surface area (Å²) in [4.78, 5) is 22.1. The summed E-state index contributed by atoms with van der Waals surface area (Å²) in [5.74, 6) is 1.47. The van der Waals surface area contributed by atoms with E-state index in [0.717, 1.165) is 38.3 Å². The van der Waals surface area contributed by atoms with Crippen LogP contribution in [0.15, 0.2) is 12.4 Å². The first-order valence-electron chi connectivity index (χ1n) is 7.39. The summed E-state index contributed by atoms with van der Waals surface area (Å²) in [5.41, 5.74) is 0. The number of nitrogens with one attached hydrogen (secondary N) is 2. The van der Waals surface area contributed by atoms with E-state index in [1.165, 1.54) is 0 Å². The molecule has 0 aliphatic carbocycles. The van der Waals surface area contributed by atoms with Crippen LogP contribution in [0.3, 0.4) is 0 Å². The first kappa shape index (κ1) is 13.6. The molecule has 2 saturated heterocycles. The highest BCUT2D eigenvalue weighted by molar-refractivity contribution is 5.82. The fourth-order valence-corrected chi connectivity index (χ4v) is 3.11. The molecule has 20 heavy (non-hydrogen) atoms. The van der Waals surface area contributed by atoms with Crippen molar-refractivity contribution >= 4 is 5.91 Å². The molecule has 2 aliphatic heterocycles. The van der Waals surface area contributed by atoms with Crippen molar-refractivity contribution in [3.63, 3.8) is 0 Å². The summed E-state index contributed by atoms with van der Waals surface area (Å²) >= 11 is 0. The zero-order valence-corrected chi connectivity index (χ0v) is 11.8. The Hall–Kier alpha value is -1.40. The second-order valence-electron chi connectivity index (χ2n) is 5.61. The van der Waals surface area contributed by atoms with E-state index in [-0.39, 0.29) is 18.1 Å². The number of amides is 1. The Bertz CT molecular complexity index is 448. The zero-order chi connectivity index (χ0) is 13.9. The second-order valence-corrected chi connectivity index (χ2v) is 5.61. The molecule has 1 aromatic heterocycles. The number of carbonyl (C=O) groups is 1. The molecule has 3 heterocycles. The Morgan fingerprint density at radius 3 is 3.20 bits per heavy atom. The van der Waals surface area contributed by atoms with Gasteiger partial charge in [0.25, 0.3) is 0 Å². The van der Waals surface area contributed by atoms with Crippen molar-refractivity contribution in [2.75, 3.05) is 26.2 Å². The van der Waals surface area contributed by atoms with Gasteiger partial charge in [-0.15, -0.1) is 0 Å². The quantitative estimate of drug-likeness (QED) is 0.826. The number of morpholine rings is 1.